The van der Waals surface area contributed by atoms with Gasteiger partial charge in [0.25, 0.3) is 0 Å². The molecule has 0 amide bonds. The number of hydrogen-bond acceptors (Lipinski definition) is 3. The minimum atomic E-state index is -3.04. The average molecular weight is 317 g/mol. The summed E-state index contributed by atoms with van der Waals surface area (Å²) < 4.78 is 27.2. The molecular formula is C16H32N2O2S. The summed E-state index contributed by atoms with van der Waals surface area (Å²) in [6, 6.07) is 0.504. The number of nitrogens with zero attached hydrogens (tertiary/aromatic N) is 1. The first-order valence-corrected chi connectivity index (χ1v) is 10.3. The van der Waals surface area contributed by atoms with Crippen molar-refractivity contribution in [3.8, 4) is 0 Å². The largest absolute Gasteiger partial charge is 0.314 e. The molecule has 2 rings (SSSR count). The number of piperidine rings is 1. The van der Waals surface area contributed by atoms with Crippen molar-refractivity contribution in [1.29, 1.82) is 0 Å². The molecule has 1 unspecified atom stereocenters. The van der Waals surface area contributed by atoms with Crippen molar-refractivity contribution in [2.45, 2.75) is 76.5 Å². The van der Waals surface area contributed by atoms with Crippen LogP contribution >= 0.6 is 0 Å². The fourth-order valence-corrected chi connectivity index (χ4v) is 5.81. The van der Waals surface area contributed by atoms with E-state index in [0.717, 1.165) is 64.6 Å². The molecule has 124 valence electrons. The molecule has 1 aliphatic carbocycles. The van der Waals surface area contributed by atoms with E-state index < -0.39 is 10.0 Å². The van der Waals surface area contributed by atoms with Gasteiger partial charge in [-0.15, -0.1) is 0 Å². The first-order chi connectivity index (χ1) is 10.1. The van der Waals surface area contributed by atoms with E-state index in [-0.39, 0.29) is 5.25 Å². The van der Waals surface area contributed by atoms with E-state index in [2.05, 4.69) is 19.2 Å². The normalized spacial score (nSPS) is 25.0. The summed E-state index contributed by atoms with van der Waals surface area (Å²) in [6.45, 7) is 6.93. The van der Waals surface area contributed by atoms with Crippen LogP contribution in [0.5, 0.6) is 0 Å². The van der Waals surface area contributed by atoms with Crippen molar-refractivity contribution < 1.29 is 8.42 Å². The molecule has 0 aromatic rings. The van der Waals surface area contributed by atoms with Gasteiger partial charge in [-0.2, -0.15) is 0 Å². The first kappa shape index (κ1) is 17.2. The van der Waals surface area contributed by atoms with E-state index in [1.54, 1.807) is 4.31 Å². The predicted molar refractivity (Wildman–Crippen MR) is 87.8 cm³/mol. The molecule has 1 heterocycles. The molecule has 5 heteroatoms. The quantitative estimate of drug-likeness (QED) is 0.820. The zero-order valence-electron chi connectivity index (χ0n) is 13.7. The summed E-state index contributed by atoms with van der Waals surface area (Å²) in [6.07, 6.45) is 8.27. The SMILES string of the molecule is CCCNC(C)C1CCN(S(=O)(=O)C2CCCCC2)CC1. The fraction of sp³-hybridized carbons (Fsp3) is 1.00. The third-order valence-corrected chi connectivity index (χ3v) is 7.65. The highest BCUT2D eigenvalue weighted by Gasteiger charge is 2.35. The summed E-state index contributed by atoms with van der Waals surface area (Å²) in [7, 11) is -3.04. The van der Waals surface area contributed by atoms with E-state index in [1.807, 2.05) is 0 Å². The Bertz CT molecular complexity index is 397. The fourth-order valence-electron chi connectivity index (χ4n) is 3.74. The molecule has 2 aliphatic rings. The molecule has 2 fully saturated rings. The van der Waals surface area contributed by atoms with E-state index in [1.165, 1.54) is 6.42 Å². The summed E-state index contributed by atoms with van der Waals surface area (Å²) in [4.78, 5) is 0. The van der Waals surface area contributed by atoms with Crippen molar-refractivity contribution in [3.63, 3.8) is 0 Å². The Labute approximate surface area is 130 Å². The van der Waals surface area contributed by atoms with Crippen LogP contribution in [0.1, 0.15) is 65.2 Å². The Morgan fingerprint density at radius 2 is 1.71 bits per heavy atom. The van der Waals surface area contributed by atoms with Crippen LogP contribution in [0.2, 0.25) is 0 Å². The second-order valence-corrected chi connectivity index (χ2v) is 9.00. The Morgan fingerprint density at radius 1 is 1.10 bits per heavy atom. The third-order valence-electron chi connectivity index (χ3n) is 5.26. The second-order valence-electron chi connectivity index (χ2n) is 6.78. The summed E-state index contributed by atoms with van der Waals surface area (Å²) >= 11 is 0. The molecule has 0 aromatic carbocycles. The molecule has 1 aliphatic heterocycles. The Hall–Kier alpha value is -0.130. The first-order valence-electron chi connectivity index (χ1n) is 8.78. The van der Waals surface area contributed by atoms with Crippen LogP contribution in [0, 0.1) is 5.92 Å². The van der Waals surface area contributed by atoms with Gasteiger partial charge in [0.15, 0.2) is 0 Å². The molecule has 0 aromatic heterocycles. The summed E-state index contributed by atoms with van der Waals surface area (Å²) in [5.74, 6) is 0.620. The molecule has 4 nitrogen and oxygen atoms in total. The van der Waals surface area contributed by atoms with Crippen LogP contribution in [0.25, 0.3) is 0 Å². The lowest BCUT2D eigenvalue weighted by Crippen LogP contribution is -2.47. The maximum Gasteiger partial charge on any atom is 0.216 e. The Balaban J connectivity index is 1.85. The summed E-state index contributed by atoms with van der Waals surface area (Å²) in [5, 5.41) is 3.45. The highest BCUT2D eigenvalue weighted by atomic mass is 32.2. The van der Waals surface area contributed by atoms with Crippen LogP contribution in [0.4, 0.5) is 0 Å². The topological polar surface area (TPSA) is 49.4 Å². The van der Waals surface area contributed by atoms with Crippen LogP contribution in [0.15, 0.2) is 0 Å². The van der Waals surface area contributed by atoms with Crippen molar-refractivity contribution in [1.82, 2.24) is 9.62 Å². The van der Waals surface area contributed by atoms with Gasteiger partial charge in [0.2, 0.25) is 10.0 Å². The van der Waals surface area contributed by atoms with Crippen molar-refractivity contribution >= 4 is 10.0 Å². The number of hydrogen-bond donors (Lipinski definition) is 1. The molecule has 0 radical (unpaired) electrons. The molecule has 1 saturated carbocycles. The predicted octanol–water partition coefficient (Wildman–Crippen LogP) is 2.75. The molecule has 21 heavy (non-hydrogen) atoms. The van der Waals surface area contributed by atoms with Crippen LogP contribution in [-0.4, -0.2) is 43.6 Å². The van der Waals surface area contributed by atoms with Gasteiger partial charge in [-0.05, 0) is 51.5 Å². The Kier molecular flexibility index (Phi) is 6.51. The summed E-state index contributed by atoms with van der Waals surface area (Å²) in [5.41, 5.74) is 0. The van der Waals surface area contributed by atoms with Gasteiger partial charge in [-0.3, -0.25) is 0 Å². The smallest absolute Gasteiger partial charge is 0.216 e. The van der Waals surface area contributed by atoms with Crippen molar-refractivity contribution in [3.05, 3.63) is 0 Å². The molecule has 1 N–H and O–H groups in total. The number of sulfonamides is 1. The molecule has 1 atom stereocenters. The minimum Gasteiger partial charge on any atom is -0.314 e. The maximum absolute atomic E-state index is 12.7. The lowest BCUT2D eigenvalue weighted by atomic mass is 9.91. The molecule has 0 bridgehead atoms. The third kappa shape index (κ3) is 4.42. The second kappa shape index (κ2) is 7.93. The highest BCUT2D eigenvalue weighted by molar-refractivity contribution is 7.89. The van der Waals surface area contributed by atoms with Gasteiger partial charge in [0.1, 0.15) is 0 Å². The highest BCUT2D eigenvalue weighted by Crippen LogP contribution is 2.29. The molecule has 1 saturated heterocycles. The standard InChI is InChI=1S/C16H32N2O2S/c1-3-11-17-14(2)15-9-12-18(13-10-15)21(19,20)16-7-5-4-6-8-16/h14-17H,3-13H2,1-2H3. The zero-order chi connectivity index (χ0) is 15.3. The minimum absolute atomic E-state index is 0.0987. The van der Waals surface area contributed by atoms with Crippen molar-refractivity contribution in [2.75, 3.05) is 19.6 Å². The van der Waals surface area contributed by atoms with Gasteiger partial charge in [0, 0.05) is 19.1 Å². The molecular weight excluding hydrogens is 284 g/mol. The van der Waals surface area contributed by atoms with Crippen LogP contribution < -0.4 is 5.32 Å². The van der Waals surface area contributed by atoms with Gasteiger partial charge < -0.3 is 5.32 Å². The van der Waals surface area contributed by atoms with E-state index >= 15 is 0 Å². The monoisotopic (exact) mass is 316 g/mol. The molecule has 0 spiro atoms. The van der Waals surface area contributed by atoms with E-state index in [4.69, 9.17) is 0 Å². The van der Waals surface area contributed by atoms with Crippen LogP contribution in [0.3, 0.4) is 0 Å². The Morgan fingerprint density at radius 3 is 2.29 bits per heavy atom. The van der Waals surface area contributed by atoms with E-state index in [0.29, 0.717) is 12.0 Å². The lowest BCUT2D eigenvalue weighted by molar-refractivity contribution is 0.229. The van der Waals surface area contributed by atoms with Gasteiger partial charge >= 0.3 is 0 Å². The van der Waals surface area contributed by atoms with Crippen LogP contribution in [-0.2, 0) is 10.0 Å². The lowest BCUT2D eigenvalue weighted by Gasteiger charge is -2.37. The van der Waals surface area contributed by atoms with Gasteiger partial charge in [0.05, 0.1) is 5.25 Å². The number of nitrogens with one attached hydrogen (secondary N) is 1. The zero-order valence-corrected chi connectivity index (χ0v) is 14.5. The maximum atomic E-state index is 12.7. The van der Waals surface area contributed by atoms with Crippen molar-refractivity contribution in [2.24, 2.45) is 5.92 Å². The van der Waals surface area contributed by atoms with Gasteiger partial charge in [-0.1, -0.05) is 26.2 Å². The van der Waals surface area contributed by atoms with Gasteiger partial charge in [-0.25, -0.2) is 12.7 Å². The number of rotatable bonds is 6. The average Bonchev–Trinajstić information content (AvgIpc) is 2.53. The van der Waals surface area contributed by atoms with E-state index in [9.17, 15) is 8.42 Å².